The predicted molar refractivity (Wildman–Crippen MR) is 98.9 cm³/mol. The molecule has 1 aliphatic rings. The zero-order valence-corrected chi connectivity index (χ0v) is 15.2. The lowest BCUT2D eigenvalue weighted by Crippen LogP contribution is -2.28. The SMILES string of the molecule is COc1ccc(CNC(=O)c2ccc(N3C(=O)CCC3=O)cc2)c(OC)c1. The highest BCUT2D eigenvalue weighted by atomic mass is 16.5. The molecule has 3 rings (SSSR count). The summed E-state index contributed by atoms with van der Waals surface area (Å²) in [4.78, 5) is 37.1. The molecule has 0 radical (unpaired) electrons. The second-order valence-electron chi connectivity index (χ2n) is 6.03. The lowest BCUT2D eigenvalue weighted by molar-refractivity contribution is -0.121. The van der Waals surface area contributed by atoms with Crippen LogP contribution in [0.15, 0.2) is 42.5 Å². The van der Waals surface area contributed by atoms with Gasteiger partial charge in [0.05, 0.1) is 19.9 Å². The number of benzene rings is 2. The normalized spacial score (nSPS) is 13.6. The highest BCUT2D eigenvalue weighted by Crippen LogP contribution is 2.25. The summed E-state index contributed by atoms with van der Waals surface area (Å²) in [5, 5.41) is 2.83. The summed E-state index contributed by atoms with van der Waals surface area (Å²) < 4.78 is 10.5. The van der Waals surface area contributed by atoms with Crippen molar-refractivity contribution in [1.29, 1.82) is 0 Å². The van der Waals surface area contributed by atoms with Crippen LogP contribution in [0.5, 0.6) is 11.5 Å². The minimum Gasteiger partial charge on any atom is -0.497 e. The van der Waals surface area contributed by atoms with E-state index < -0.39 is 0 Å². The number of anilines is 1. The van der Waals surface area contributed by atoms with Crippen molar-refractivity contribution >= 4 is 23.4 Å². The fourth-order valence-electron chi connectivity index (χ4n) is 2.90. The first-order chi connectivity index (χ1) is 13.0. The maximum atomic E-state index is 12.4. The van der Waals surface area contributed by atoms with Crippen LogP contribution in [0.25, 0.3) is 0 Å². The molecule has 7 heteroatoms. The molecule has 1 aliphatic heterocycles. The number of nitrogens with one attached hydrogen (secondary N) is 1. The minimum atomic E-state index is -0.265. The maximum Gasteiger partial charge on any atom is 0.251 e. The number of imide groups is 1. The van der Waals surface area contributed by atoms with E-state index in [2.05, 4.69) is 5.32 Å². The summed E-state index contributed by atoms with van der Waals surface area (Å²) in [6, 6.07) is 11.8. The van der Waals surface area contributed by atoms with Gasteiger partial charge in [0.1, 0.15) is 11.5 Å². The molecule has 3 amide bonds. The summed E-state index contributed by atoms with van der Waals surface area (Å²) in [7, 11) is 3.13. The van der Waals surface area contributed by atoms with Gasteiger partial charge < -0.3 is 14.8 Å². The van der Waals surface area contributed by atoms with Crippen molar-refractivity contribution in [1.82, 2.24) is 5.32 Å². The van der Waals surface area contributed by atoms with Gasteiger partial charge in [-0.3, -0.25) is 19.3 Å². The summed E-state index contributed by atoms with van der Waals surface area (Å²) in [6.45, 7) is 0.289. The second kappa shape index (κ2) is 7.90. The third kappa shape index (κ3) is 3.92. The molecule has 140 valence electrons. The van der Waals surface area contributed by atoms with Crippen LogP contribution in [-0.2, 0) is 16.1 Å². The van der Waals surface area contributed by atoms with Gasteiger partial charge in [-0.05, 0) is 36.4 Å². The second-order valence-corrected chi connectivity index (χ2v) is 6.03. The molecule has 0 aliphatic carbocycles. The zero-order valence-electron chi connectivity index (χ0n) is 15.2. The molecule has 2 aromatic rings. The molecule has 1 fully saturated rings. The Kier molecular flexibility index (Phi) is 5.40. The molecule has 0 saturated carbocycles. The number of methoxy groups -OCH3 is 2. The predicted octanol–water partition coefficient (Wildman–Crippen LogP) is 2.29. The first-order valence-corrected chi connectivity index (χ1v) is 8.48. The molecule has 1 saturated heterocycles. The molecule has 1 N–H and O–H groups in total. The molecular weight excluding hydrogens is 348 g/mol. The van der Waals surface area contributed by atoms with Crippen molar-refractivity contribution in [3.8, 4) is 11.5 Å². The average Bonchev–Trinajstić information content (AvgIpc) is 3.04. The summed E-state index contributed by atoms with van der Waals surface area (Å²) in [6.07, 6.45) is 0.454. The first-order valence-electron chi connectivity index (χ1n) is 8.48. The van der Waals surface area contributed by atoms with Gasteiger partial charge in [0.15, 0.2) is 0 Å². The Morgan fingerprint density at radius 3 is 2.26 bits per heavy atom. The lowest BCUT2D eigenvalue weighted by Gasteiger charge is -2.14. The van der Waals surface area contributed by atoms with Gasteiger partial charge in [0.2, 0.25) is 11.8 Å². The quantitative estimate of drug-likeness (QED) is 0.791. The van der Waals surface area contributed by atoms with E-state index >= 15 is 0 Å². The Balaban J connectivity index is 1.67. The van der Waals surface area contributed by atoms with Gasteiger partial charge in [-0.2, -0.15) is 0 Å². The summed E-state index contributed by atoms with van der Waals surface area (Å²) in [5.74, 6) is 0.589. The molecule has 27 heavy (non-hydrogen) atoms. The molecule has 1 heterocycles. The number of hydrogen-bond acceptors (Lipinski definition) is 5. The topological polar surface area (TPSA) is 84.9 Å². The van der Waals surface area contributed by atoms with Crippen LogP contribution in [-0.4, -0.2) is 31.9 Å². The number of carbonyl (C=O) groups excluding carboxylic acids is 3. The zero-order chi connectivity index (χ0) is 19.4. The van der Waals surface area contributed by atoms with Gasteiger partial charge >= 0.3 is 0 Å². The number of nitrogens with zero attached hydrogens (tertiary/aromatic N) is 1. The standard InChI is InChI=1S/C20H20N2O5/c1-26-16-8-5-14(17(11-16)27-2)12-21-20(25)13-3-6-15(7-4-13)22-18(23)9-10-19(22)24/h3-8,11H,9-10,12H2,1-2H3,(H,21,25). The van der Waals surface area contributed by atoms with E-state index in [-0.39, 0.29) is 37.1 Å². The monoisotopic (exact) mass is 368 g/mol. The highest BCUT2D eigenvalue weighted by molar-refractivity contribution is 6.19. The molecule has 0 atom stereocenters. The maximum absolute atomic E-state index is 12.4. The van der Waals surface area contributed by atoms with Crippen molar-refractivity contribution in [3.63, 3.8) is 0 Å². The first kappa shape index (κ1) is 18.4. The van der Waals surface area contributed by atoms with Crippen LogP contribution in [0.4, 0.5) is 5.69 Å². The number of carbonyl (C=O) groups is 3. The molecule has 0 unspecified atom stereocenters. The molecule has 2 aromatic carbocycles. The van der Waals surface area contributed by atoms with Crippen molar-refractivity contribution < 1.29 is 23.9 Å². The van der Waals surface area contributed by atoms with E-state index in [0.29, 0.717) is 22.7 Å². The smallest absolute Gasteiger partial charge is 0.251 e. The molecule has 0 spiro atoms. The third-order valence-corrected chi connectivity index (χ3v) is 4.37. The summed E-state index contributed by atoms with van der Waals surface area (Å²) >= 11 is 0. The van der Waals surface area contributed by atoms with Crippen LogP contribution in [0.3, 0.4) is 0 Å². The minimum absolute atomic E-state index is 0.219. The fourth-order valence-corrected chi connectivity index (χ4v) is 2.90. The fraction of sp³-hybridized carbons (Fsp3) is 0.250. The van der Waals surface area contributed by atoms with Crippen molar-refractivity contribution in [2.24, 2.45) is 0 Å². The Hall–Kier alpha value is -3.35. The van der Waals surface area contributed by atoms with Gasteiger partial charge in [-0.15, -0.1) is 0 Å². The van der Waals surface area contributed by atoms with Crippen LogP contribution in [0.2, 0.25) is 0 Å². The Morgan fingerprint density at radius 2 is 1.67 bits per heavy atom. The lowest BCUT2D eigenvalue weighted by atomic mass is 10.1. The van der Waals surface area contributed by atoms with Gasteiger partial charge in [0.25, 0.3) is 5.91 Å². The summed E-state index contributed by atoms with van der Waals surface area (Å²) in [5.41, 5.74) is 1.73. The van der Waals surface area contributed by atoms with E-state index in [1.165, 1.54) is 0 Å². The van der Waals surface area contributed by atoms with Gasteiger partial charge in [0, 0.05) is 36.6 Å². The number of ether oxygens (including phenoxy) is 2. The van der Waals surface area contributed by atoms with Crippen molar-refractivity contribution in [2.75, 3.05) is 19.1 Å². The Labute approximate surface area is 156 Å². The largest absolute Gasteiger partial charge is 0.497 e. The number of rotatable bonds is 6. The molecule has 7 nitrogen and oxygen atoms in total. The van der Waals surface area contributed by atoms with Crippen LogP contribution in [0.1, 0.15) is 28.8 Å². The van der Waals surface area contributed by atoms with E-state index in [0.717, 1.165) is 10.5 Å². The number of hydrogen-bond donors (Lipinski definition) is 1. The molecule has 0 aromatic heterocycles. The van der Waals surface area contributed by atoms with Gasteiger partial charge in [-0.25, -0.2) is 0 Å². The van der Waals surface area contributed by atoms with Crippen LogP contribution < -0.4 is 19.7 Å². The molecule has 0 bridgehead atoms. The third-order valence-electron chi connectivity index (χ3n) is 4.37. The van der Waals surface area contributed by atoms with Crippen molar-refractivity contribution in [2.45, 2.75) is 19.4 Å². The van der Waals surface area contributed by atoms with Crippen molar-refractivity contribution in [3.05, 3.63) is 53.6 Å². The van der Waals surface area contributed by atoms with Gasteiger partial charge in [-0.1, -0.05) is 0 Å². The average molecular weight is 368 g/mol. The highest BCUT2D eigenvalue weighted by Gasteiger charge is 2.30. The number of amides is 3. The van der Waals surface area contributed by atoms with E-state index in [1.54, 1.807) is 50.6 Å². The van der Waals surface area contributed by atoms with Crippen LogP contribution >= 0.6 is 0 Å². The Bertz CT molecular complexity index is 860. The van der Waals surface area contributed by atoms with E-state index in [9.17, 15) is 14.4 Å². The molecular formula is C20H20N2O5. The van der Waals surface area contributed by atoms with E-state index in [4.69, 9.17) is 9.47 Å². The Morgan fingerprint density at radius 1 is 1.00 bits per heavy atom. The van der Waals surface area contributed by atoms with E-state index in [1.807, 2.05) is 6.07 Å². The van der Waals surface area contributed by atoms with Crippen LogP contribution in [0, 0.1) is 0 Å².